The number of benzene rings is 2. The number of anilines is 1. The van der Waals surface area contributed by atoms with Gasteiger partial charge >= 0.3 is 0 Å². The molecule has 120 valence electrons. The Kier molecular flexibility index (Phi) is 4.56. The fourth-order valence-electron chi connectivity index (χ4n) is 2.51. The van der Waals surface area contributed by atoms with E-state index in [-0.39, 0.29) is 10.7 Å². The van der Waals surface area contributed by atoms with Crippen LogP contribution in [0.4, 0.5) is 11.4 Å². The first kappa shape index (κ1) is 16.8. The van der Waals surface area contributed by atoms with E-state index in [2.05, 4.69) is 5.32 Å². The Hall–Kier alpha value is -2.60. The lowest BCUT2D eigenvalue weighted by Crippen LogP contribution is -2.15. The molecule has 2 aromatic carbocycles. The van der Waals surface area contributed by atoms with Gasteiger partial charge in [0.25, 0.3) is 11.6 Å². The van der Waals surface area contributed by atoms with Crippen molar-refractivity contribution < 1.29 is 14.8 Å². The molecule has 0 bridgehead atoms. The molecular formula is C16H15ClN2O4. The molecular weight excluding hydrogens is 320 g/mol. The van der Waals surface area contributed by atoms with Gasteiger partial charge in [-0.3, -0.25) is 14.9 Å². The monoisotopic (exact) mass is 334 g/mol. The standard InChI is InChI=1S/C16H15ClN2O4/c1-8-4-9(2)15(10(3)5-8)16(21)18-12-6-11(17)13(19(22)23)7-14(12)20/h4-7,20H,1-3H3,(H,18,21). The first-order chi connectivity index (χ1) is 10.7. The Morgan fingerprint density at radius 2 is 1.74 bits per heavy atom. The van der Waals surface area contributed by atoms with Crippen LogP contribution in [-0.4, -0.2) is 15.9 Å². The van der Waals surface area contributed by atoms with E-state index in [1.54, 1.807) is 0 Å². The fourth-order valence-corrected chi connectivity index (χ4v) is 2.75. The maximum atomic E-state index is 12.5. The quantitative estimate of drug-likeness (QED) is 0.501. The lowest BCUT2D eigenvalue weighted by Gasteiger charge is -2.13. The van der Waals surface area contributed by atoms with Gasteiger partial charge in [-0.15, -0.1) is 0 Å². The third kappa shape index (κ3) is 3.43. The molecule has 1 amide bonds. The van der Waals surface area contributed by atoms with Crippen LogP contribution in [0.1, 0.15) is 27.0 Å². The van der Waals surface area contributed by atoms with Crippen LogP contribution >= 0.6 is 11.6 Å². The number of hydrogen-bond acceptors (Lipinski definition) is 4. The van der Waals surface area contributed by atoms with Crippen molar-refractivity contribution in [3.63, 3.8) is 0 Å². The number of carbonyl (C=O) groups is 1. The summed E-state index contributed by atoms with van der Waals surface area (Å²) in [4.78, 5) is 22.5. The number of rotatable bonds is 3. The molecule has 2 N–H and O–H groups in total. The second kappa shape index (κ2) is 6.26. The van der Waals surface area contributed by atoms with Crippen molar-refractivity contribution in [1.29, 1.82) is 0 Å². The zero-order valence-electron chi connectivity index (χ0n) is 12.8. The number of hydrogen-bond donors (Lipinski definition) is 2. The summed E-state index contributed by atoms with van der Waals surface area (Å²) < 4.78 is 0. The predicted octanol–water partition coefficient (Wildman–Crippen LogP) is 4.13. The summed E-state index contributed by atoms with van der Waals surface area (Å²) in [5.41, 5.74) is 2.72. The fraction of sp³-hybridized carbons (Fsp3) is 0.188. The van der Waals surface area contributed by atoms with Crippen molar-refractivity contribution in [2.45, 2.75) is 20.8 Å². The number of nitro benzene ring substituents is 1. The highest BCUT2D eigenvalue weighted by molar-refractivity contribution is 6.33. The Balaban J connectivity index is 2.39. The minimum absolute atomic E-state index is 0.0185. The number of phenols is 1. The highest BCUT2D eigenvalue weighted by Crippen LogP contribution is 2.35. The van der Waals surface area contributed by atoms with Crippen LogP contribution in [0.25, 0.3) is 0 Å². The van der Waals surface area contributed by atoms with Crippen LogP contribution < -0.4 is 5.32 Å². The summed E-state index contributed by atoms with van der Waals surface area (Å²) in [6, 6.07) is 5.83. The van der Waals surface area contributed by atoms with E-state index in [1.165, 1.54) is 0 Å². The number of carbonyl (C=O) groups excluding carboxylic acids is 1. The zero-order valence-corrected chi connectivity index (χ0v) is 13.6. The average Bonchev–Trinajstić information content (AvgIpc) is 2.40. The molecule has 0 saturated heterocycles. The maximum Gasteiger partial charge on any atom is 0.291 e. The van der Waals surface area contributed by atoms with Crippen LogP contribution in [0, 0.1) is 30.9 Å². The van der Waals surface area contributed by atoms with Gasteiger partial charge in [0, 0.05) is 5.56 Å². The maximum absolute atomic E-state index is 12.5. The molecule has 0 unspecified atom stereocenters. The van der Waals surface area contributed by atoms with Crippen molar-refractivity contribution in [2.24, 2.45) is 0 Å². The van der Waals surface area contributed by atoms with E-state index in [1.807, 2.05) is 32.9 Å². The van der Waals surface area contributed by atoms with Gasteiger partial charge in [-0.2, -0.15) is 0 Å². The first-order valence-corrected chi connectivity index (χ1v) is 7.14. The number of phenolic OH excluding ortho intramolecular Hbond substituents is 1. The largest absolute Gasteiger partial charge is 0.506 e. The van der Waals surface area contributed by atoms with Crippen LogP contribution in [0.5, 0.6) is 5.75 Å². The molecule has 0 aliphatic heterocycles. The van der Waals surface area contributed by atoms with Gasteiger partial charge in [-0.05, 0) is 38.0 Å². The van der Waals surface area contributed by atoms with Gasteiger partial charge < -0.3 is 10.4 Å². The number of aromatic hydroxyl groups is 1. The van der Waals surface area contributed by atoms with E-state index in [0.717, 1.165) is 28.8 Å². The number of halogens is 1. The summed E-state index contributed by atoms with van der Waals surface area (Å²) in [6.45, 7) is 5.57. The lowest BCUT2D eigenvalue weighted by molar-refractivity contribution is -0.384. The highest BCUT2D eigenvalue weighted by Gasteiger charge is 2.19. The van der Waals surface area contributed by atoms with Crippen molar-refractivity contribution >= 4 is 28.9 Å². The molecule has 0 spiro atoms. The first-order valence-electron chi connectivity index (χ1n) is 6.76. The Morgan fingerprint density at radius 1 is 1.17 bits per heavy atom. The minimum Gasteiger partial charge on any atom is -0.506 e. The Labute approximate surface area is 137 Å². The smallest absolute Gasteiger partial charge is 0.291 e. The van der Waals surface area contributed by atoms with Crippen LogP contribution in [0.3, 0.4) is 0 Å². The number of aryl methyl sites for hydroxylation is 3. The molecule has 0 aliphatic carbocycles. The Morgan fingerprint density at radius 3 is 2.26 bits per heavy atom. The summed E-state index contributed by atoms with van der Waals surface area (Å²) >= 11 is 5.81. The average molecular weight is 335 g/mol. The summed E-state index contributed by atoms with van der Waals surface area (Å²) in [5, 5.41) is 23.0. The summed E-state index contributed by atoms with van der Waals surface area (Å²) in [7, 11) is 0. The molecule has 0 fully saturated rings. The SMILES string of the molecule is Cc1cc(C)c(C(=O)Nc2cc(Cl)c([N+](=O)[O-])cc2O)c(C)c1. The van der Waals surface area contributed by atoms with Crippen molar-refractivity contribution in [3.8, 4) is 5.75 Å². The van der Waals surface area contributed by atoms with E-state index < -0.39 is 22.3 Å². The molecule has 2 aromatic rings. The normalized spacial score (nSPS) is 10.4. The number of nitro groups is 1. The van der Waals surface area contributed by atoms with E-state index in [9.17, 15) is 20.0 Å². The van der Waals surface area contributed by atoms with E-state index >= 15 is 0 Å². The van der Waals surface area contributed by atoms with Gasteiger partial charge in [0.05, 0.1) is 16.7 Å². The molecule has 0 saturated carbocycles. The van der Waals surface area contributed by atoms with Crippen LogP contribution in [0.15, 0.2) is 24.3 Å². The van der Waals surface area contributed by atoms with Gasteiger partial charge in [-0.25, -0.2) is 0 Å². The number of amides is 1. The van der Waals surface area contributed by atoms with Crippen molar-refractivity contribution in [2.75, 3.05) is 5.32 Å². The molecule has 7 heteroatoms. The van der Waals surface area contributed by atoms with E-state index in [4.69, 9.17) is 11.6 Å². The number of nitrogens with one attached hydrogen (secondary N) is 1. The minimum atomic E-state index is -0.706. The zero-order chi connectivity index (χ0) is 17.3. The van der Waals surface area contributed by atoms with E-state index in [0.29, 0.717) is 5.56 Å². The van der Waals surface area contributed by atoms with Gasteiger partial charge in [0.2, 0.25) is 0 Å². The van der Waals surface area contributed by atoms with Gasteiger partial charge in [0.15, 0.2) is 0 Å². The molecule has 0 atom stereocenters. The summed E-state index contributed by atoms with van der Waals surface area (Å²) in [5.74, 6) is -0.836. The van der Waals surface area contributed by atoms with Gasteiger partial charge in [-0.1, -0.05) is 29.3 Å². The van der Waals surface area contributed by atoms with Crippen LogP contribution in [-0.2, 0) is 0 Å². The molecule has 0 aliphatic rings. The predicted molar refractivity (Wildman–Crippen MR) is 88.4 cm³/mol. The molecule has 0 radical (unpaired) electrons. The topological polar surface area (TPSA) is 92.5 Å². The summed E-state index contributed by atoms with van der Waals surface area (Å²) in [6.07, 6.45) is 0. The third-order valence-corrected chi connectivity index (χ3v) is 3.72. The lowest BCUT2D eigenvalue weighted by atomic mass is 9.99. The second-order valence-corrected chi connectivity index (χ2v) is 5.71. The molecule has 6 nitrogen and oxygen atoms in total. The number of nitrogens with zero attached hydrogens (tertiary/aromatic N) is 1. The molecule has 2 rings (SSSR count). The highest BCUT2D eigenvalue weighted by atomic mass is 35.5. The van der Waals surface area contributed by atoms with Crippen molar-refractivity contribution in [1.82, 2.24) is 0 Å². The Bertz CT molecular complexity index is 795. The molecule has 0 heterocycles. The molecule has 23 heavy (non-hydrogen) atoms. The third-order valence-electron chi connectivity index (χ3n) is 3.41. The van der Waals surface area contributed by atoms with Crippen LogP contribution in [0.2, 0.25) is 5.02 Å². The van der Waals surface area contributed by atoms with Gasteiger partial charge in [0.1, 0.15) is 10.8 Å². The second-order valence-electron chi connectivity index (χ2n) is 5.31. The molecule has 0 aromatic heterocycles. The van der Waals surface area contributed by atoms with Crippen molar-refractivity contribution in [3.05, 3.63) is 61.7 Å².